The van der Waals surface area contributed by atoms with Gasteiger partial charge in [-0.15, -0.1) is 0 Å². The van der Waals surface area contributed by atoms with E-state index in [0.717, 1.165) is 45.7 Å². The van der Waals surface area contributed by atoms with Gasteiger partial charge in [-0.2, -0.15) is 0 Å². The number of ether oxygens (including phenoxy) is 1. The molecular weight excluding hydrogens is 216 g/mol. The molecule has 0 aliphatic carbocycles. The topological polar surface area (TPSA) is 55.6 Å². The first kappa shape index (κ1) is 14.6. The average molecular weight is 242 g/mol. The molecule has 1 saturated heterocycles. The molecule has 1 heterocycles. The zero-order chi connectivity index (χ0) is 12.7. The van der Waals surface area contributed by atoms with Gasteiger partial charge in [-0.05, 0) is 25.3 Å². The van der Waals surface area contributed by atoms with Gasteiger partial charge in [0.1, 0.15) is 5.78 Å². The summed E-state index contributed by atoms with van der Waals surface area (Å²) >= 11 is 0. The maximum Gasteiger partial charge on any atom is 0.149 e. The van der Waals surface area contributed by atoms with Gasteiger partial charge < -0.3 is 10.5 Å². The molecule has 0 bridgehead atoms. The number of ketones is 1. The van der Waals surface area contributed by atoms with E-state index in [1.54, 1.807) is 0 Å². The molecule has 1 atom stereocenters. The average Bonchev–Trinajstić information content (AvgIpc) is 2.29. The van der Waals surface area contributed by atoms with Crippen LogP contribution in [0.2, 0.25) is 0 Å². The van der Waals surface area contributed by atoms with E-state index < -0.39 is 0 Å². The van der Waals surface area contributed by atoms with E-state index in [1.807, 2.05) is 0 Å². The summed E-state index contributed by atoms with van der Waals surface area (Å²) in [6.45, 7) is 8.81. The summed E-state index contributed by atoms with van der Waals surface area (Å²) in [7, 11) is 0. The zero-order valence-electron chi connectivity index (χ0n) is 11.2. The van der Waals surface area contributed by atoms with Crippen LogP contribution in [0, 0.1) is 5.92 Å². The lowest BCUT2D eigenvalue weighted by molar-refractivity contribution is -0.120. The molecule has 100 valence electrons. The Bertz CT molecular complexity index is 225. The monoisotopic (exact) mass is 242 g/mol. The number of morpholine rings is 1. The van der Waals surface area contributed by atoms with Gasteiger partial charge in [-0.3, -0.25) is 9.69 Å². The first-order chi connectivity index (χ1) is 8.09. The van der Waals surface area contributed by atoms with Crippen molar-refractivity contribution in [2.24, 2.45) is 11.7 Å². The van der Waals surface area contributed by atoms with E-state index in [4.69, 9.17) is 10.5 Å². The Balaban J connectivity index is 2.10. The highest BCUT2D eigenvalue weighted by atomic mass is 16.5. The van der Waals surface area contributed by atoms with Crippen molar-refractivity contribution in [2.45, 2.75) is 39.2 Å². The molecule has 0 radical (unpaired) electrons. The van der Waals surface area contributed by atoms with Crippen LogP contribution in [0.1, 0.15) is 33.1 Å². The number of hydrogen-bond donors (Lipinski definition) is 1. The summed E-state index contributed by atoms with van der Waals surface area (Å²) < 4.78 is 5.28. The van der Waals surface area contributed by atoms with E-state index >= 15 is 0 Å². The fraction of sp³-hybridized carbons (Fsp3) is 0.923. The van der Waals surface area contributed by atoms with Gasteiger partial charge in [0.15, 0.2) is 0 Å². The quantitative estimate of drug-likeness (QED) is 0.725. The lowest BCUT2D eigenvalue weighted by atomic mass is 9.98. The molecule has 0 aromatic heterocycles. The van der Waals surface area contributed by atoms with Crippen LogP contribution >= 0.6 is 0 Å². The molecule has 0 saturated carbocycles. The van der Waals surface area contributed by atoms with E-state index in [1.165, 1.54) is 0 Å². The van der Waals surface area contributed by atoms with Gasteiger partial charge in [0.25, 0.3) is 0 Å². The Kier molecular flexibility index (Phi) is 6.70. The molecule has 2 N–H and O–H groups in total. The molecule has 1 fully saturated rings. The summed E-state index contributed by atoms with van der Waals surface area (Å²) in [5.74, 6) is 0.708. The molecule has 4 heteroatoms. The van der Waals surface area contributed by atoms with Crippen LogP contribution in [0.25, 0.3) is 0 Å². The molecular formula is C13H26N2O2. The predicted octanol–water partition coefficient (Wildman–Crippen LogP) is 1.04. The SMILES string of the molecule is CC(C)CC(N)C(=O)CCCN1CCOCC1. The standard InChI is InChI=1S/C13H26N2O2/c1-11(2)10-12(14)13(16)4-3-5-15-6-8-17-9-7-15/h11-12H,3-10,14H2,1-2H3. The summed E-state index contributed by atoms with van der Waals surface area (Å²) in [6, 6.07) is -0.264. The van der Waals surface area contributed by atoms with Crippen molar-refractivity contribution in [1.29, 1.82) is 0 Å². The van der Waals surface area contributed by atoms with Gasteiger partial charge in [-0.1, -0.05) is 13.8 Å². The molecule has 1 unspecified atom stereocenters. The number of nitrogens with two attached hydrogens (primary N) is 1. The highest BCUT2D eigenvalue weighted by molar-refractivity contribution is 5.83. The molecule has 0 spiro atoms. The highest BCUT2D eigenvalue weighted by Gasteiger charge is 2.15. The number of carbonyl (C=O) groups excluding carboxylic acids is 1. The van der Waals surface area contributed by atoms with E-state index in [9.17, 15) is 4.79 Å². The van der Waals surface area contributed by atoms with Crippen LogP contribution in [0.4, 0.5) is 0 Å². The van der Waals surface area contributed by atoms with Crippen LogP contribution < -0.4 is 5.73 Å². The zero-order valence-corrected chi connectivity index (χ0v) is 11.2. The first-order valence-electron chi connectivity index (χ1n) is 6.68. The van der Waals surface area contributed by atoms with Gasteiger partial charge in [0, 0.05) is 19.5 Å². The Morgan fingerprint density at radius 1 is 1.35 bits per heavy atom. The Hall–Kier alpha value is -0.450. The smallest absolute Gasteiger partial charge is 0.149 e. The van der Waals surface area contributed by atoms with Gasteiger partial charge >= 0.3 is 0 Å². The van der Waals surface area contributed by atoms with Crippen molar-refractivity contribution in [3.8, 4) is 0 Å². The Morgan fingerprint density at radius 2 is 2.00 bits per heavy atom. The predicted molar refractivity (Wildman–Crippen MR) is 68.9 cm³/mol. The fourth-order valence-corrected chi connectivity index (χ4v) is 2.13. The van der Waals surface area contributed by atoms with Crippen LogP contribution in [0.3, 0.4) is 0 Å². The van der Waals surface area contributed by atoms with Crippen molar-refractivity contribution in [3.63, 3.8) is 0 Å². The minimum Gasteiger partial charge on any atom is -0.379 e. The third kappa shape index (κ3) is 6.15. The third-order valence-electron chi connectivity index (χ3n) is 3.14. The highest BCUT2D eigenvalue weighted by Crippen LogP contribution is 2.07. The van der Waals surface area contributed by atoms with Gasteiger partial charge in [-0.25, -0.2) is 0 Å². The number of Topliss-reactive ketones (excluding diaryl/α,β-unsaturated/α-hetero) is 1. The molecule has 17 heavy (non-hydrogen) atoms. The van der Waals surface area contributed by atoms with Gasteiger partial charge in [0.05, 0.1) is 19.3 Å². The maximum absolute atomic E-state index is 11.8. The van der Waals surface area contributed by atoms with Crippen LogP contribution in [0.5, 0.6) is 0 Å². The largest absolute Gasteiger partial charge is 0.379 e. The minimum absolute atomic E-state index is 0.215. The van der Waals surface area contributed by atoms with Crippen molar-refractivity contribution in [1.82, 2.24) is 4.90 Å². The first-order valence-corrected chi connectivity index (χ1v) is 6.68. The molecule has 4 nitrogen and oxygen atoms in total. The maximum atomic E-state index is 11.8. The summed E-state index contributed by atoms with van der Waals surface area (Å²) in [5, 5.41) is 0. The second-order valence-corrected chi connectivity index (χ2v) is 5.26. The molecule has 1 rings (SSSR count). The van der Waals surface area contributed by atoms with Crippen LogP contribution in [-0.4, -0.2) is 49.6 Å². The third-order valence-corrected chi connectivity index (χ3v) is 3.14. The Labute approximate surface area is 104 Å². The van der Waals surface area contributed by atoms with E-state index in [-0.39, 0.29) is 11.8 Å². The van der Waals surface area contributed by atoms with Crippen LogP contribution in [0.15, 0.2) is 0 Å². The second kappa shape index (κ2) is 7.80. The molecule has 0 aromatic rings. The summed E-state index contributed by atoms with van der Waals surface area (Å²) in [6.07, 6.45) is 2.34. The molecule has 0 amide bonds. The second-order valence-electron chi connectivity index (χ2n) is 5.26. The minimum atomic E-state index is -0.264. The molecule has 0 aromatic carbocycles. The van der Waals surface area contributed by atoms with Gasteiger partial charge in [0.2, 0.25) is 0 Å². The number of rotatable bonds is 7. The van der Waals surface area contributed by atoms with E-state index in [2.05, 4.69) is 18.7 Å². The number of carbonyl (C=O) groups is 1. The lowest BCUT2D eigenvalue weighted by Gasteiger charge is -2.26. The van der Waals surface area contributed by atoms with Crippen molar-refractivity contribution < 1.29 is 9.53 Å². The van der Waals surface area contributed by atoms with Crippen LogP contribution in [-0.2, 0) is 9.53 Å². The normalized spacial score (nSPS) is 19.5. The fourth-order valence-electron chi connectivity index (χ4n) is 2.13. The van der Waals surface area contributed by atoms with Crippen molar-refractivity contribution in [3.05, 3.63) is 0 Å². The molecule has 1 aliphatic heterocycles. The van der Waals surface area contributed by atoms with E-state index in [0.29, 0.717) is 12.3 Å². The van der Waals surface area contributed by atoms with Crippen molar-refractivity contribution >= 4 is 5.78 Å². The Morgan fingerprint density at radius 3 is 2.59 bits per heavy atom. The summed E-state index contributed by atoms with van der Waals surface area (Å²) in [5.41, 5.74) is 5.85. The van der Waals surface area contributed by atoms with Crippen molar-refractivity contribution in [2.75, 3.05) is 32.8 Å². The summed E-state index contributed by atoms with van der Waals surface area (Å²) in [4.78, 5) is 14.1. The lowest BCUT2D eigenvalue weighted by Crippen LogP contribution is -2.37. The number of hydrogen-bond acceptors (Lipinski definition) is 4. The molecule has 1 aliphatic rings. The number of nitrogens with zero attached hydrogens (tertiary/aromatic N) is 1.